The van der Waals surface area contributed by atoms with Gasteiger partial charge in [0.1, 0.15) is 11.9 Å². The number of ether oxygens (including phenoxy) is 1. The SMILES string of the molecule is CC(C)COc1ccc([C@@H]2N(Cc3ccccc3)C(=O)c3cc([N+](=O)[O-])ccc3N2Cc2ccccc2)cc1. The Bertz CT molecular complexity index is 1440. The largest absolute Gasteiger partial charge is 0.493 e. The molecule has 0 unspecified atom stereocenters. The predicted octanol–water partition coefficient (Wildman–Crippen LogP) is 6.99. The average molecular weight is 522 g/mol. The van der Waals surface area contributed by atoms with Crippen LogP contribution in [0.15, 0.2) is 103 Å². The van der Waals surface area contributed by atoms with E-state index in [1.807, 2.05) is 84.9 Å². The molecule has 7 heteroatoms. The molecule has 0 fully saturated rings. The molecular formula is C32H31N3O4. The Kier molecular flexibility index (Phi) is 7.59. The van der Waals surface area contributed by atoms with Gasteiger partial charge in [0.15, 0.2) is 0 Å². The third kappa shape index (κ3) is 5.77. The van der Waals surface area contributed by atoms with Crippen molar-refractivity contribution in [3.05, 3.63) is 135 Å². The summed E-state index contributed by atoms with van der Waals surface area (Å²) < 4.78 is 5.91. The Morgan fingerprint density at radius 1 is 0.821 bits per heavy atom. The van der Waals surface area contributed by atoms with E-state index in [4.69, 9.17) is 4.74 Å². The number of fused-ring (bicyclic) bond motifs is 1. The maximum atomic E-state index is 14.1. The Hall–Kier alpha value is -4.65. The number of benzene rings is 4. The van der Waals surface area contributed by atoms with E-state index in [0.717, 1.165) is 22.4 Å². The van der Waals surface area contributed by atoms with E-state index in [2.05, 4.69) is 18.7 Å². The van der Waals surface area contributed by atoms with Gasteiger partial charge < -0.3 is 14.5 Å². The van der Waals surface area contributed by atoms with Crippen LogP contribution < -0.4 is 9.64 Å². The number of nitro groups is 1. The maximum absolute atomic E-state index is 14.1. The molecule has 0 aliphatic carbocycles. The molecule has 1 aliphatic heterocycles. The topological polar surface area (TPSA) is 75.9 Å². The van der Waals surface area contributed by atoms with Crippen molar-refractivity contribution < 1.29 is 14.5 Å². The zero-order valence-corrected chi connectivity index (χ0v) is 22.1. The lowest BCUT2D eigenvalue weighted by Crippen LogP contribution is -2.48. The number of non-ortho nitro benzene ring substituents is 1. The Morgan fingerprint density at radius 3 is 1.97 bits per heavy atom. The standard InChI is InChI=1S/C32H31N3O4/c1-23(2)22-39-28-16-13-26(14-17-28)31-33(20-24-9-5-3-6-10-24)30-18-15-27(35(37)38)19-29(30)32(36)34(31)21-25-11-7-4-8-12-25/h3-19,23,31H,20-22H2,1-2H3/t31-/m0/s1. The van der Waals surface area contributed by atoms with Crippen LogP contribution in [0.3, 0.4) is 0 Å². The van der Waals surface area contributed by atoms with Crippen LogP contribution in [0.1, 0.15) is 47.1 Å². The Morgan fingerprint density at radius 2 is 1.41 bits per heavy atom. The second kappa shape index (κ2) is 11.4. The minimum absolute atomic E-state index is 0.105. The molecule has 0 saturated heterocycles. The van der Waals surface area contributed by atoms with Gasteiger partial charge in [-0.15, -0.1) is 0 Å². The molecule has 1 aliphatic rings. The van der Waals surface area contributed by atoms with Crippen molar-refractivity contribution in [2.75, 3.05) is 11.5 Å². The minimum atomic E-state index is -0.460. The number of amides is 1. The lowest BCUT2D eigenvalue weighted by atomic mass is 9.98. The number of rotatable bonds is 9. The highest BCUT2D eigenvalue weighted by molar-refractivity contribution is 6.02. The molecule has 1 amide bonds. The minimum Gasteiger partial charge on any atom is -0.493 e. The molecule has 1 heterocycles. The van der Waals surface area contributed by atoms with Crippen molar-refractivity contribution in [2.45, 2.75) is 33.1 Å². The van der Waals surface area contributed by atoms with Crippen LogP contribution in [0.4, 0.5) is 11.4 Å². The number of nitro benzene ring substituents is 1. The van der Waals surface area contributed by atoms with Gasteiger partial charge in [0, 0.05) is 25.2 Å². The van der Waals surface area contributed by atoms with E-state index in [0.29, 0.717) is 36.9 Å². The summed E-state index contributed by atoms with van der Waals surface area (Å²) in [6.07, 6.45) is -0.439. The summed E-state index contributed by atoms with van der Waals surface area (Å²) in [5.41, 5.74) is 3.86. The van der Waals surface area contributed by atoms with Crippen LogP contribution >= 0.6 is 0 Å². The Labute approximate surface area is 228 Å². The Balaban J connectivity index is 1.63. The van der Waals surface area contributed by atoms with Gasteiger partial charge in [-0.05, 0) is 40.8 Å². The summed E-state index contributed by atoms with van der Waals surface area (Å²) in [6.45, 7) is 5.69. The first-order valence-electron chi connectivity index (χ1n) is 13.1. The summed E-state index contributed by atoms with van der Waals surface area (Å²) in [6, 6.07) is 32.3. The van der Waals surface area contributed by atoms with Crippen molar-refractivity contribution in [1.82, 2.24) is 4.90 Å². The van der Waals surface area contributed by atoms with E-state index in [1.54, 1.807) is 11.0 Å². The van der Waals surface area contributed by atoms with E-state index in [-0.39, 0.29) is 11.6 Å². The molecule has 7 nitrogen and oxygen atoms in total. The van der Waals surface area contributed by atoms with Gasteiger partial charge in [-0.2, -0.15) is 0 Å². The first-order valence-corrected chi connectivity index (χ1v) is 13.1. The van der Waals surface area contributed by atoms with E-state index < -0.39 is 11.1 Å². The number of anilines is 1. The van der Waals surface area contributed by atoms with Crippen molar-refractivity contribution in [3.8, 4) is 5.75 Å². The fourth-order valence-corrected chi connectivity index (χ4v) is 4.87. The van der Waals surface area contributed by atoms with Crippen molar-refractivity contribution in [3.63, 3.8) is 0 Å². The first-order chi connectivity index (χ1) is 18.9. The van der Waals surface area contributed by atoms with Crippen LogP contribution in [-0.2, 0) is 13.1 Å². The van der Waals surface area contributed by atoms with Crippen LogP contribution in [-0.4, -0.2) is 22.3 Å². The van der Waals surface area contributed by atoms with Crippen molar-refractivity contribution in [2.24, 2.45) is 5.92 Å². The molecule has 198 valence electrons. The lowest BCUT2D eigenvalue weighted by molar-refractivity contribution is -0.384. The van der Waals surface area contributed by atoms with E-state index >= 15 is 0 Å². The summed E-state index contributed by atoms with van der Waals surface area (Å²) in [5, 5.41) is 11.6. The number of hydrogen-bond donors (Lipinski definition) is 0. The van der Waals surface area contributed by atoms with Gasteiger partial charge in [0.05, 0.1) is 22.8 Å². The third-order valence-corrected chi connectivity index (χ3v) is 6.74. The molecule has 0 aromatic heterocycles. The number of nitrogens with zero attached hydrogens (tertiary/aromatic N) is 3. The first kappa shape index (κ1) is 26.0. The van der Waals surface area contributed by atoms with E-state index in [9.17, 15) is 14.9 Å². The molecule has 0 saturated carbocycles. The highest BCUT2D eigenvalue weighted by atomic mass is 16.6. The highest BCUT2D eigenvalue weighted by Crippen LogP contribution is 2.42. The molecule has 5 rings (SSSR count). The molecule has 0 radical (unpaired) electrons. The average Bonchev–Trinajstić information content (AvgIpc) is 2.95. The summed E-state index contributed by atoms with van der Waals surface area (Å²) >= 11 is 0. The smallest absolute Gasteiger partial charge is 0.270 e. The molecular weight excluding hydrogens is 490 g/mol. The second-order valence-corrected chi connectivity index (χ2v) is 10.1. The van der Waals surface area contributed by atoms with Crippen LogP contribution in [0, 0.1) is 16.0 Å². The van der Waals surface area contributed by atoms with Gasteiger partial charge in [-0.3, -0.25) is 14.9 Å². The van der Waals surface area contributed by atoms with Crippen molar-refractivity contribution >= 4 is 17.3 Å². The summed E-state index contributed by atoms with van der Waals surface area (Å²) in [7, 11) is 0. The van der Waals surface area contributed by atoms with Gasteiger partial charge in [-0.25, -0.2) is 0 Å². The van der Waals surface area contributed by atoms with Gasteiger partial charge >= 0.3 is 0 Å². The zero-order chi connectivity index (χ0) is 27.4. The fourth-order valence-electron chi connectivity index (χ4n) is 4.87. The van der Waals surface area contributed by atoms with Gasteiger partial charge in [-0.1, -0.05) is 86.6 Å². The van der Waals surface area contributed by atoms with Crippen molar-refractivity contribution in [1.29, 1.82) is 0 Å². The fraction of sp³-hybridized carbons (Fsp3) is 0.219. The lowest BCUT2D eigenvalue weighted by Gasteiger charge is -2.46. The van der Waals surface area contributed by atoms with Gasteiger partial charge in [0.25, 0.3) is 11.6 Å². The van der Waals surface area contributed by atoms with Crippen LogP contribution in [0.2, 0.25) is 0 Å². The molecule has 0 N–H and O–H groups in total. The molecule has 1 atom stereocenters. The van der Waals surface area contributed by atoms with E-state index in [1.165, 1.54) is 12.1 Å². The third-order valence-electron chi connectivity index (χ3n) is 6.74. The normalized spacial score (nSPS) is 14.8. The van der Waals surface area contributed by atoms with Crippen LogP contribution in [0.25, 0.3) is 0 Å². The number of hydrogen-bond acceptors (Lipinski definition) is 5. The highest BCUT2D eigenvalue weighted by Gasteiger charge is 2.39. The quantitative estimate of drug-likeness (QED) is 0.175. The molecule has 39 heavy (non-hydrogen) atoms. The molecule has 0 spiro atoms. The molecule has 4 aromatic rings. The molecule has 4 aromatic carbocycles. The number of carbonyl (C=O) groups is 1. The zero-order valence-electron chi connectivity index (χ0n) is 22.1. The maximum Gasteiger partial charge on any atom is 0.270 e. The second-order valence-electron chi connectivity index (χ2n) is 10.1. The van der Waals surface area contributed by atoms with Crippen LogP contribution in [0.5, 0.6) is 5.75 Å². The van der Waals surface area contributed by atoms with Gasteiger partial charge in [0.2, 0.25) is 0 Å². The predicted molar refractivity (Wildman–Crippen MR) is 152 cm³/mol. The summed E-state index contributed by atoms with van der Waals surface area (Å²) in [5.74, 6) is 0.936. The summed E-state index contributed by atoms with van der Waals surface area (Å²) in [4.78, 5) is 29.2. The molecule has 0 bridgehead atoms. The number of carbonyl (C=O) groups excluding carboxylic acids is 1. The monoisotopic (exact) mass is 521 g/mol.